The van der Waals surface area contributed by atoms with Gasteiger partial charge in [0.15, 0.2) is 0 Å². The van der Waals surface area contributed by atoms with Gasteiger partial charge in [-0.3, -0.25) is 0 Å². The molecule has 0 amide bonds. The standard InChI is InChI=1S/C23H26O4/c1-3-5-6-14(4-2)11-20-19(23(26)27)10-9-18-17-8-7-15(22(24)25)12-16(17)13-21(18)20/h7-10,12,14H,3-6,11,13H2,1-2H3,(H,24,25)(H,26,27). The number of unbranched alkanes of at least 4 members (excludes halogenated alkanes) is 1. The van der Waals surface area contributed by atoms with Crippen LogP contribution < -0.4 is 0 Å². The summed E-state index contributed by atoms with van der Waals surface area (Å²) in [5.74, 6) is -1.36. The molecule has 0 saturated carbocycles. The monoisotopic (exact) mass is 366 g/mol. The number of carboxylic acids is 2. The van der Waals surface area contributed by atoms with Crippen molar-refractivity contribution in [3.8, 4) is 11.1 Å². The molecular weight excluding hydrogens is 340 g/mol. The van der Waals surface area contributed by atoms with E-state index in [1.165, 1.54) is 0 Å². The Balaban J connectivity index is 2.04. The fraction of sp³-hybridized carbons (Fsp3) is 0.391. The summed E-state index contributed by atoms with van der Waals surface area (Å²) in [7, 11) is 0. The van der Waals surface area contributed by atoms with Gasteiger partial charge in [-0.2, -0.15) is 0 Å². The van der Waals surface area contributed by atoms with Crippen LogP contribution in [-0.4, -0.2) is 22.2 Å². The van der Waals surface area contributed by atoms with E-state index < -0.39 is 11.9 Å². The van der Waals surface area contributed by atoms with Gasteiger partial charge in [0.05, 0.1) is 11.1 Å². The molecule has 27 heavy (non-hydrogen) atoms. The normalized spacial score (nSPS) is 13.1. The van der Waals surface area contributed by atoms with E-state index in [4.69, 9.17) is 0 Å². The number of rotatable bonds is 8. The zero-order chi connectivity index (χ0) is 19.6. The van der Waals surface area contributed by atoms with Gasteiger partial charge in [0.2, 0.25) is 0 Å². The molecule has 0 bridgehead atoms. The van der Waals surface area contributed by atoms with Crippen molar-refractivity contribution in [1.29, 1.82) is 0 Å². The molecule has 0 aromatic heterocycles. The molecule has 2 aromatic carbocycles. The van der Waals surface area contributed by atoms with Gasteiger partial charge in [0.1, 0.15) is 0 Å². The topological polar surface area (TPSA) is 74.6 Å². The van der Waals surface area contributed by atoms with E-state index in [1.54, 1.807) is 18.2 Å². The molecule has 1 aliphatic carbocycles. The lowest BCUT2D eigenvalue weighted by atomic mass is 9.86. The summed E-state index contributed by atoms with van der Waals surface area (Å²) in [6.45, 7) is 4.34. The van der Waals surface area contributed by atoms with E-state index >= 15 is 0 Å². The van der Waals surface area contributed by atoms with E-state index in [-0.39, 0.29) is 5.56 Å². The van der Waals surface area contributed by atoms with Crippen molar-refractivity contribution in [2.45, 2.75) is 52.4 Å². The third-order valence-electron chi connectivity index (χ3n) is 5.71. The molecule has 142 valence electrons. The van der Waals surface area contributed by atoms with Crippen LogP contribution >= 0.6 is 0 Å². The molecule has 0 aliphatic heterocycles. The van der Waals surface area contributed by atoms with Crippen molar-refractivity contribution >= 4 is 11.9 Å². The molecule has 0 saturated heterocycles. The average Bonchev–Trinajstić information content (AvgIpc) is 3.02. The van der Waals surface area contributed by atoms with Gasteiger partial charge in [0, 0.05) is 0 Å². The van der Waals surface area contributed by atoms with Gasteiger partial charge in [-0.15, -0.1) is 0 Å². The zero-order valence-electron chi connectivity index (χ0n) is 15.9. The molecule has 4 heteroatoms. The Labute approximate surface area is 159 Å². The lowest BCUT2D eigenvalue weighted by Crippen LogP contribution is -2.11. The van der Waals surface area contributed by atoms with Crippen molar-refractivity contribution in [3.05, 3.63) is 58.1 Å². The Morgan fingerprint density at radius 3 is 2.41 bits per heavy atom. The molecule has 4 nitrogen and oxygen atoms in total. The van der Waals surface area contributed by atoms with Crippen LogP contribution in [0.1, 0.15) is 76.9 Å². The summed E-state index contributed by atoms with van der Waals surface area (Å²) < 4.78 is 0. The summed E-state index contributed by atoms with van der Waals surface area (Å²) in [6, 6.07) is 8.78. The highest BCUT2D eigenvalue weighted by Gasteiger charge is 2.26. The molecule has 0 radical (unpaired) electrons. The second-order valence-electron chi connectivity index (χ2n) is 7.40. The van der Waals surface area contributed by atoms with Crippen LogP contribution in [0.15, 0.2) is 30.3 Å². The third kappa shape index (κ3) is 3.75. The minimum atomic E-state index is -0.939. The Hall–Kier alpha value is -2.62. The quantitative estimate of drug-likeness (QED) is 0.559. The van der Waals surface area contributed by atoms with Crippen LogP contribution in [0.4, 0.5) is 0 Å². The van der Waals surface area contributed by atoms with E-state index in [2.05, 4.69) is 13.8 Å². The minimum Gasteiger partial charge on any atom is -0.478 e. The molecule has 1 atom stereocenters. The first-order valence-electron chi connectivity index (χ1n) is 9.70. The van der Waals surface area contributed by atoms with Gasteiger partial charge >= 0.3 is 11.9 Å². The summed E-state index contributed by atoms with van der Waals surface area (Å²) in [5, 5.41) is 19.0. The average molecular weight is 366 g/mol. The summed E-state index contributed by atoms with van der Waals surface area (Å²) in [4.78, 5) is 23.1. The van der Waals surface area contributed by atoms with Crippen LogP contribution in [0.3, 0.4) is 0 Å². The highest BCUT2D eigenvalue weighted by Crippen LogP contribution is 2.41. The van der Waals surface area contributed by atoms with Crippen LogP contribution in [0.2, 0.25) is 0 Å². The number of fused-ring (bicyclic) bond motifs is 3. The second kappa shape index (κ2) is 7.95. The van der Waals surface area contributed by atoms with E-state index in [9.17, 15) is 19.8 Å². The molecule has 3 rings (SSSR count). The Kier molecular flexibility index (Phi) is 5.64. The fourth-order valence-corrected chi connectivity index (χ4v) is 4.14. The second-order valence-corrected chi connectivity index (χ2v) is 7.40. The van der Waals surface area contributed by atoms with E-state index in [0.717, 1.165) is 59.9 Å². The van der Waals surface area contributed by atoms with Gasteiger partial charge < -0.3 is 10.2 Å². The molecule has 0 fully saturated rings. The molecule has 0 heterocycles. The summed E-state index contributed by atoms with van der Waals surface area (Å²) in [5.41, 5.74) is 5.68. The van der Waals surface area contributed by atoms with Crippen LogP contribution in [0, 0.1) is 5.92 Å². The molecule has 2 aromatic rings. The van der Waals surface area contributed by atoms with Crippen molar-refractivity contribution in [3.63, 3.8) is 0 Å². The fourth-order valence-electron chi connectivity index (χ4n) is 4.14. The largest absolute Gasteiger partial charge is 0.478 e. The van der Waals surface area contributed by atoms with E-state index in [0.29, 0.717) is 17.9 Å². The lowest BCUT2D eigenvalue weighted by molar-refractivity contribution is 0.0685. The molecule has 1 unspecified atom stereocenters. The number of hydrogen-bond acceptors (Lipinski definition) is 2. The maximum absolute atomic E-state index is 11.8. The van der Waals surface area contributed by atoms with Gasteiger partial charge in [-0.25, -0.2) is 9.59 Å². The maximum atomic E-state index is 11.8. The summed E-state index contributed by atoms with van der Waals surface area (Å²) >= 11 is 0. The molecule has 1 aliphatic rings. The van der Waals surface area contributed by atoms with Crippen molar-refractivity contribution in [2.75, 3.05) is 0 Å². The Morgan fingerprint density at radius 1 is 1.04 bits per heavy atom. The Morgan fingerprint density at radius 2 is 1.78 bits per heavy atom. The first kappa shape index (κ1) is 19.2. The van der Waals surface area contributed by atoms with Crippen LogP contribution in [-0.2, 0) is 12.8 Å². The van der Waals surface area contributed by atoms with Gasteiger partial charge in [-0.05, 0) is 64.8 Å². The SMILES string of the molecule is CCCCC(CC)Cc1c(C(=O)O)ccc2c1Cc1cc(C(=O)O)ccc1-2. The number of benzene rings is 2. The number of aromatic carboxylic acids is 2. The van der Waals surface area contributed by atoms with Crippen molar-refractivity contribution < 1.29 is 19.8 Å². The number of carbonyl (C=O) groups is 2. The third-order valence-corrected chi connectivity index (χ3v) is 5.71. The predicted molar refractivity (Wildman–Crippen MR) is 106 cm³/mol. The van der Waals surface area contributed by atoms with Gasteiger partial charge in [-0.1, -0.05) is 51.7 Å². The molecule has 2 N–H and O–H groups in total. The van der Waals surface area contributed by atoms with Crippen LogP contribution in [0.5, 0.6) is 0 Å². The van der Waals surface area contributed by atoms with Crippen LogP contribution in [0.25, 0.3) is 11.1 Å². The first-order chi connectivity index (χ1) is 13.0. The Bertz CT molecular complexity index is 882. The highest BCUT2D eigenvalue weighted by molar-refractivity contribution is 5.94. The van der Waals surface area contributed by atoms with Crippen molar-refractivity contribution in [1.82, 2.24) is 0 Å². The molecule has 0 spiro atoms. The van der Waals surface area contributed by atoms with Crippen molar-refractivity contribution in [2.24, 2.45) is 5.92 Å². The van der Waals surface area contributed by atoms with E-state index in [1.807, 2.05) is 12.1 Å². The number of carboxylic acid groups (broad SMARTS) is 2. The summed E-state index contributed by atoms with van der Waals surface area (Å²) in [6.07, 6.45) is 5.79. The first-order valence-corrected chi connectivity index (χ1v) is 9.70. The maximum Gasteiger partial charge on any atom is 0.335 e. The highest BCUT2D eigenvalue weighted by atomic mass is 16.4. The molecular formula is C23H26O4. The predicted octanol–water partition coefficient (Wildman–Crippen LogP) is 5.41. The number of hydrogen-bond donors (Lipinski definition) is 2. The smallest absolute Gasteiger partial charge is 0.335 e. The minimum absolute atomic E-state index is 0.274. The lowest BCUT2D eigenvalue weighted by Gasteiger charge is -2.19. The zero-order valence-corrected chi connectivity index (χ0v) is 15.9. The van der Waals surface area contributed by atoms with Gasteiger partial charge in [0.25, 0.3) is 0 Å².